The Hall–Kier alpha value is -2.58. The summed E-state index contributed by atoms with van der Waals surface area (Å²) in [6, 6.07) is 9.66. The van der Waals surface area contributed by atoms with Gasteiger partial charge in [0.05, 0.1) is 25.4 Å². The van der Waals surface area contributed by atoms with E-state index in [0.717, 1.165) is 39.6 Å². The van der Waals surface area contributed by atoms with Gasteiger partial charge in [0.15, 0.2) is 28.1 Å². The maximum atomic E-state index is 5.44. The zero-order valence-corrected chi connectivity index (χ0v) is 17.4. The van der Waals surface area contributed by atoms with Gasteiger partial charge >= 0.3 is 0 Å². The van der Waals surface area contributed by atoms with Crippen molar-refractivity contribution in [2.45, 2.75) is 24.3 Å². The van der Waals surface area contributed by atoms with Gasteiger partial charge in [0, 0.05) is 29.8 Å². The Kier molecular flexibility index (Phi) is 6.21. The molecule has 0 N–H and O–H groups in total. The Morgan fingerprint density at radius 2 is 1.86 bits per heavy atom. The average molecular weight is 418 g/mol. The third kappa shape index (κ3) is 3.70. The predicted molar refractivity (Wildman–Crippen MR) is 112 cm³/mol. The summed E-state index contributed by atoms with van der Waals surface area (Å²) in [7, 11) is 3.23. The number of pyridine rings is 1. The van der Waals surface area contributed by atoms with Crippen molar-refractivity contribution in [3.63, 3.8) is 0 Å². The maximum absolute atomic E-state index is 5.44. The summed E-state index contributed by atoms with van der Waals surface area (Å²) in [6.07, 6.45) is 2.54. The van der Waals surface area contributed by atoms with Gasteiger partial charge in [-0.15, -0.1) is 17.5 Å². The van der Waals surface area contributed by atoms with Gasteiger partial charge in [0.2, 0.25) is 0 Å². The second-order valence-corrected chi connectivity index (χ2v) is 6.79. The zero-order valence-electron chi connectivity index (χ0n) is 15.7. The molecule has 9 heteroatoms. The predicted octanol–water partition coefficient (Wildman–Crippen LogP) is 3.97. The van der Waals surface area contributed by atoms with Crippen LogP contribution in [0.25, 0.3) is 16.6 Å². The minimum Gasteiger partial charge on any atom is -0.493 e. The molecule has 0 saturated carbocycles. The van der Waals surface area contributed by atoms with Crippen LogP contribution in [-0.2, 0) is 12.2 Å². The molecule has 0 amide bonds. The molecule has 0 bridgehead atoms. The molecule has 0 unspecified atom stereocenters. The number of halogens is 1. The smallest absolute Gasteiger partial charge is 0.191 e. The number of aromatic nitrogens is 5. The van der Waals surface area contributed by atoms with Gasteiger partial charge in [-0.1, -0.05) is 24.8 Å². The Bertz CT molecular complexity index is 1100. The van der Waals surface area contributed by atoms with Gasteiger partial charge in [0.1, 0.15) is 0 Å². The summed E-state index contributed by atoms with van der Waals surface area (Å²) in [5, 5.41) is 6.26. The molecule has 3 heterocycles. The molecule has 28 heavy (non-hydrogen) atoms. The van der Waals surface area contributed by atoms with E-state index in [1.807, 2.05) is 37.3 Å². The van der Waals surface area contributed by atoms with E-state index in [-0.39, 0.29) is 12.4 Å². The van der Waals surface area contributed by atoms with Crippen LogP contribution in [0.3, 0.4) is 0 Å². The van der Waals surface area contributed by atoms with Crippen LogP contribution < -0.4 is 9.47 Å². The number of hydrogen-bond donors (Lipinski definition) is 0. The molecule has 0 fully saturated rings. The fourth-order valence-electron chi connectivity index (χ4n) is 2.82. The van der Waals surface area contributed by atoms with Gasteiger partial charge in [-0.3, -0.25) is 4.98 Å². The third-order valence-corrected chi connectivity index (χ3v) is 5.15. The van der Waals surface area contributed by atoms with Gasteiger partial charge in [0.25, 0.3) is 0 Å². The lowest BCUT2D eigenvalue weighted by Crippen LogP contribution is -2.00. The van der Waals surface area contributed by atoms with Crippen LogP contribution in [0.1, 0.15) is 18.4 Å². The lowest BCUT2D eigenvalue weighted by atomic mass is 10.2. The minimum atomic E-state index is 0. The Labute approximate surface area is 172 Å². The molecule has 0 aliphatic heterocycles. The van der Waals surface area contributed by atoms with Crippen LogP contribution in [0, 0.1) is 0 Å². The first-order chi connectivity index (χ1) is 13.2. The number of nitrogens with zero attached hydrogens (tertiary/aromatic N) is 5. The summed E-state index contributed by atoms with van der Waals surface area (Å²) in [4.78, 5) is 13.9. The standard InChI is InChI=1S/C19H19N5O2S.ClH/c1-4-17-22-18-13-9-15(25-2)16(26-3)10-14(13)21-19(24(18)23-17)27-11-12-7-5-6-8-20-12;/h5-10H,4,11H2,1-3H3;1H. The molecule has 7 nitrogen and oxygen atoms in total. The fourth-order valence-corrected chi connectivity index (χ4v) is 3.68. The molecule has 3 aromatic heterocycles. The van der Waals surface area contributed by atoms with Crippen molar-refractivity contribution in [1.29, 1.82) is 0 Å². The number of thioether (sulfide) groups is 1. The topological polar surface area (TPSA) is 74.4 Å². The second-order valence-electron chi connectivity index (χ2n) is 5.85. The van der Waals surface area contributed by atoms with Crippen LogP contribution in [-0.4, -0.2) is 38.8 Å². The minimum absolute atomic E-state index is 0. The monoisotopic (exact) mass is 417 g/mol. The summed E-state index contributed by atoms with van der Waals surface area (Å²) >= 11 is 1.58. The fraction of sp³-hybridized carbons (Fsp3) is 0.263. The number of methoxy groups -OCH3 is 2. The molecular formula is C19H20ClN5O2S. The van der Waals surface area contributed by atoms with Gasteiger partial charge in [-0.2, -0.15) is 4.52 Å². The third-order valence-electron chi connectivity index (χ3n) is 4.18. The van der Waals surface area contributed by atoms with Crippen LogP contribution in [0.15, 0.2) is 41.7 Å². The first kappa shape index (κ1) is 20.2. The molecule has 1 aromatic carbocycles. The molecule has 146 valence electrons. The van der Waals surface area contributed by atoms with Crippen molar-refractivity contribution >= 4 is 40.7 Å². The number of ether oxygens (including phenoxy) is 2. The van der Waals surface area contributed by atoms with Gasteiger partial charge in [-0.05, 0) is 18.2 Å². The molecule has 0 saturated heterocycles. The first-order valence-electron chi connectivity index (χ1n) is 8.57. The largest absolute Gasteiger partial charge is 0.493 e. The number of rotatable bonds is 6. The van der Waals surface area contributed by atoms with E-state index < -0.39 is 0 Å². The van der Waals surface area contributed by atoms with Crippen molar-refractivity contribution in [1.82, 2.24) is 24.6 Å². The van der Waals surface area contributed by atoms with Crippen LogP contribution in [0.4, 0.5) is 0 Å². The van der Waals surface area contributed by atoms with Crippen molar-refractivity contribution < 1.29 is 9.47 Å². The van der Waals surface area contributed by atoms with E-state index >= 15 is 0 Å². The van der Waals surface area contributed by atoms with E-state index in [9.17, 15) is 0 Å². The Morgan fingerprint density at radius 3 is 2.54 bits per heavy atom. The molecule has 4 rings (SSSR count). The molecule has 0 radical (unpaired) electrons. The molecular weight excluding hydrogens is 398 g/mol. The quantitative estimate of drug-likeness (QED) is 0.347. The van der Waals surface area contributed by atoms with Crippen molar-refractivity contribution in [3.05, 3.63) is 48.0 Å². The van der Waals surface area contributed by atoms with E-state index in [0.29, 0.717) is 17.3 Å². The highest BCUT2D eigenvalue weighted by Gasteiger charge is 2.16. The van der Waals surface area contributed by atoms with E-state index in [4.69, 9.17) is 19.4 Å². The number of hydrogen-bond acceptors (Lipinski definition) is 7. The van der Waals surface area contributed by atoms with E-state index in [1.54, 1.807) is 36.7 Å². The first-order valence-corrected chi connectivity index (χ1v) is 9.56. The Morgan fingerprint density at radius 1 is 1.07 bits per heavy atom. The van der Waals surface area contributed by atoms with Crippen molar-refractivity contribution in [2.24, 2.45) is 0 Å². The highest BCUT2D eigenvalue weighted by atomic mass is 35.5. The SMILES string of the molecule is CCc1nc2c3cc(OC)c(OC)cc3nc(SCc3ccccn3)n2n1.Cl. The van der Waals surface area contributed by atoms with Crippen LogP contribution in [0.5, 0.6) is 11.5 Å². The summed E-state index contributed by atoms with van der Waals surface area (Å²) < 4.78 is 12.7. The molecule has 0 spiro atoms. The summed E-state index contributed by atoms with van der Waals surface area (Å²) in [6.45, 7) is 2.04. The zero-order chi connectivity index (χ0) is 18.8. The molecule has 0 aliphatic rings. The van der Waals surface area contributed by atoms with E-state index in [1.165, 1.54) is 0 Å². The highest BCUT2D eigenvalue weighted by Crippen LogP contribution is 2.34. The lowest BCUT2D eigenvalue weighted by molar-refractivity contribution is 0.355. The highest BCUT2D eigenvalue weighted by molar-refractivity contribution is 7.98. The second kappa shape index (κ2) is 8.62. The van der Waals surface area contributed by atoms with E-state index in [2.05, 4.69) is 10.1 Å². The molecule has 0 aliphatic carbocycles. The number of aryl methyl sites for hydroxylation is 1. The number of benzene rings is 1. The average Bonchev–Trinajstić information content (AvgIpc) is 3.16. The maximum Gasteiger partial charge on any atom is 0.191 e. The van der Waals surface area contributed by atoms with Crippen molar-refractivity contribution in [2.75, 3.05) is 14.2 Å². The summed E-state index contributed by atoms with van der Waals surface area (Å²) in [5.41, 5.74) is 2.54. The van der Waals surface area contributed by atoms with Crippen LogP contribution in [0.2, 0.25) is 0 Å². The molecule has 4 aromatic rings. The Balaban J connectivity index is 0.00000225. The molecule has 0 atom stereocenters. The van der Waals surface area contributed by atoms with Crippen LogP contribution >= 0.6 is 24.2 Å². The summed E-state index contributed by atoms with van der Waals surface area (Å²) in [5.74, 6) is 2.75. The number of fused-ring (bicyclic) bond motifs is 3. The van der Waals surface area contributed by atoms with Gasteiger partial charge < -0.3 is 9.47 Å². The van der Waals surface area contributed by atoms with Gasteiger partial charge in [-0.25, -0.2) is 9.97 Å². The normalized spacial score (nSPS) is 10.8. The van der Waals surface area contributed by atoms with Crippen molar-refractivity contribution in [3.8, 4) is 11.5 Å². The lowest BCUT2D eigenvalue weighted by Gasteiger charge is -2.11.